The molecule has 0 aliphatic carbocycles. The minimum absolute atomic E-state index is 0.155. The largest absolute Gasteiger partial charge is 0.394 e. The topological polar surface area (TPSA) is 61.3 Å². The van der Waals surface area contributed by atoms with E-state index in [1.807, 2.05) is 0 Å². The molecular weight excluding hydrogens is 320 g/mol. The molecule has 6 heteroatoms. The van der Waals surface area contributed by atoms with Crippen LogP contribution in [0.4, 0.5) is 11.6 Å². The van der Waals surface area contributed by atoms with Crippen LogP contribution in [0.25, 0.3) is 0 Å². The van der Waals surface area contributed by atoms with Gasteiger partial charge in [0.2, 0.25) is 0 Å². The van der Waals surface area contributed by atoms with Crippen molar-refractivity contribution >= 4 is 27.6 Å². The van der Waals surface area contributed by atoms with E-state index in [9.17, 15) is 5.11 Å². The fourth-order valence-electron chi connectivity index (χ4n) is 2.57. The van der Waals surface area contributed by atoms with E-state index in [1.54, 1.807) is 6.33 Å². The number of nitrogens with zero attached hydrogens (tertiary/aromatic N) is 3. The smallest absolute Gasteiger partial charge is 0.148 e. The zero-order valence-electron chi connectivity index (χ0n) is 12.0. The van der Waals surface area contributed by atoms with Crippen LogP contribution in [0.5, 0.6) is 0 Å². The van der Waals surface area contributed by atoms with Crippen molar-refractivity contribution in [1.82, 2.24) is 9.97 Å². The van der Waals surface area contributed by atoms with E-state index in [0.717, 1.165) is 48.5 Å². The highest BCUT2D eigenvalue weighted by molar-refractivity contribution is 9.10. The van der Waals surface area contributed by atoms with Crippen molar-refractivity contribution in [2.45, 2.75) is 45.1 Å². The van der Waals surface area contributed by atoms with Crippen LogP contribution in [0.2, 0.25) is 0 Å². The number of halogens is 1. The molecule has 2 N–H and O–H groups in total. The Morgan fingerprint density at radius 2 is 2.25 bits per heavy atom. The number of anilines is 2. The normalized spacial score (nSPS) is 19.8. The van der Waals surface area contributed by atoms with Gasteiger partial charge in [-0.15, -0.1) is 0 Å². The SMILES string of the molecule is CCCNc1ncnc(N2CCCCCC2CO)c1Br. The van der Waals surface area contributed by atoms with Crippen LogP contribution in [0.1, 0.15) is 39.0 Å². The summed E-state index contributed by atoms with van der Waals surface area (Å²) < 4.78 is 0.897. The van der Waals surface area contributed by atoms with E-state index >= 15 is 0 Å². The van der Waals surface area contributed by atoms with Crippen LogP contribution >= 0.6 is 15.9 Å². The number of hydrogen-bond acceptors (Lipinski definition) is 5. The predicted molar refractivity (Wildman–Crippen MR) is 85.2 cm³/mol. The Kier molecular flexibility index (Phi) is 6.04. The van der Waals surface area contributed by atoms with Crippen molar-refractivity contribution < 1.29 is 5.11 Å². The van der Waals surface area contributed by atoms with Crippen LogP contribution in [-0.4, -0.2) is 40.8 Å². The van der Waals surface area contributed by atoms with Gasteiger partial charge in [0.1, 0.15) is 22.4 Å². The third-order valence-electron chi connectivity index (χ3n) is 3.67. The highest BCUT2D eigenvalue weighted by atomic mass is 79.9. The van der Waals surface area contributed by atoms with Crippen LogP contribution in [0.3, 0.4) is 0 Å². The third-order valence-corrected chi connectivity index (χ3v) is 4.40. The summed E-state index contributed by atoms with van der Waals surface area (Å²) in [5.41, 5.74) is 0. The molecule has 5 nitrogen and oxygen atoms in total. The minimum Gasteiger partial charge on any atom is -0.394 e. The first-order chi connectivity index (χ1) is 9.77. The molecule has 2 heterocycles. The molecular formula is C14H23BrN4O. The molecule has 0 aromatic carbocycles. The molecule has 0 spiro atoms. The monoisotopic (exact) mass is 342 g/mol. The summed E-state index contributed by atoms with van der Waals surface area (Å²) in [5.74, 6) is 1.72. The van der Waals surface area contributed by atoms with Gasteiger partial charge in [-0.1, -0.05) is 19.8 Å². The molecule has 1 aliphatic heterocycles. The lowest BCUT2D eigenvalue weighted by molar-refractivity contribution is 0.254. The van der Waals surface area contributed by atoms with Gasteiger partial charge in [-0.05, 0) is 35.2 Å². The molecule has 1 fully saturated rings. The Hall–Kier alpha value is -0.880. The van der Waals surface area contributed by atoms with Crippen LogP contribution < -0.4 is 10.2 Å². The van der Waals surface area contributed by atoms with E-state index in [1.165, 1.54) is 12.8 Å². The fourth-order valence-corrected chi connectivity index (χ4v) is 3.15. The Labute approximate surface area is 128 Å². The molecule has 1 atom stereocenters. The van der Waals surface area contributed by atoms with Gasteiger partial charge in [0, 0.05) is 13.1 Å². The van der Waals surface area contributed by atoms with Gasteiger partial charge in [0.25, 0.3) is 0 Å². The van der Waals surface area contributed by atoms with E-state index in [4.69, 9.17) is 0 Å². The number of hydrogen-bond donors (Lipinski definition) is 2. The average Bonchev–Trinajstić information content (AvgIpc) is 2.71. The molecule has 0 amide bonds. The van der Waals surface area contributed by atoms with Crippen molar-refractivity contribution in [3.63, 3.8) is 0 Å². The lowest BCUT2D eigenvalue weighted by Gasteiger charge is -2.30. The van der Waals surface area contributed by atoms with Gasteiger partial charge in [0.15, 0.2) is 0 Å². The number of rotatable bonds is 5. The van der Waals surface area contributed by atoms with Crippen molar-refractivity contribution in [3.8, 4) is 0 Å². The number of aromatic nitrogens is 2. The molecule has 1 unspecified atom stereocenters. The van der Waals surface area contributed by atoms with Gasteiger partial charge in [-0.3, -0.25) is 0 Å². The Morgan fingerprint density at radius 1 is 1.40 bits per heavy atom. The Balaban J connectivity index is 2.25. The molecule has 20 heavy (non-hydrogen) atoms. The zero-order chi connectivity index (χ0) is 14.4. The van der Waals surface area contributed by atoms with E-state index in [-0.39, 0.29) is 12.6 Å². The molecule has 1 aromatic heterocycles. The highest BCUT2D eigenvalue weighted by Crippen LogP contribution is 2.32. The number of aliphatic hydroxyl groups is 1. The molecule has 0 radical (unpaired) electrons. The summed E-state index contributed by atoms with van der Waals surface area (Å²) in [4.78, 5) is 10.9. The minimum atomic E-state index is 0.155. The van der Waals surface area contributed by atoms with E-state index in [2.05, 4.69) is 43.0 Å². The maximum Gasteiger partial charge on any atom is 0.148 e. The first-order valence-electron chi connectivity index (χ1n) is 7.39. The summed E-state index contributed by atoms with van der Waals surface area (Å²) in [6.45, 7) is 4.13. The van der Waals surface area contributed by atoms with Gasteiger partial charge >= 0.3 is 0 Å². The Morgan fingerprint density at radius 3 is 3.00 bits per heavy atom. The van der Waals surface area contributed by atoms with Gasteiger partial charge in [0.05, 0.1) is 12.6 Å². The lowest BCUT2D eigenvalue weighted by Crippen LogP contribution is -2.38. The van der Waals surface area contributed by atoms with Crippen molar-refractivity contribution in [2.75, 3.05) is 29.9 Å². The molecule has 0 saturated carbocycles. The van der Waals surface area contributed by atoms with Gasteiger partial charge < -0.3 is 15.3 Å². The highest BCUT2D eigenvalue weighted by Gasteiger charge is 2.24. The standard InChI is InChI=1S/C14H23BrN4O/c1-2-7-16-13-12(15)14(18-10-17-13)19-8-5-3-4-6-11(19)9-20/h10-11,20H,2-9H2,1H3,(H,16,17,18). The van der Waals surface area contributed by atoms with Crippen molar-refractivity contribution in [1.29, 1.82) is 0 Å². The summed E-state index contributed by atoms with van der Waals surface area (Å²) in [6, 6.07) is 0.155. The van der Waals surface area contributed by atoms with E-state index < -0.39 is 0 Å². The van der Waals surface area contributed by atoms with Crippen LogP contribution in [0, 0.1) is 0 Å². The third kappa shape index (κ3) is 3.61. The second-order valence-corrected chi connectivity index (χ2v) is 5.96. The molecule has 1 saturated heterocycles. The maximum atomic E-state index is 9.63. The van der Waals surface area contributed by atoms with Crippen molar-refractivity contribution in [2.24, 2.45) is 0 Å². The summed E-state index contributed by atoms with van der Waals surface area (Å²) in [7, 11) is 0. The number of aliphatic hydroxyl groups excluding tert-OH is 1. The van der Waals surface area contributed by atoms with Crippen molar-refractivity contribution in [3.05, 3.63) is 10.8 Å². The molecule has 0 bridgehead atoms. The summed E-state index contributed by atoms with van der Waals surface area (Å²) in [6.07, 6.45) is 7.20. The maximum absolute atomic E-state index is 9.63. The number of nitrogens with one attached hydrogen (secondary N) is 1. The second-order valence-electron chi connectivity index (χ2n) is 5.17. The fraction of sp³-hybridized carbons (Fsp3) is 0.714. The predicted octanol–water partition coefficient (Wildman–Crippen LogP) is 2.80. The first kappa shape index (κ1) is 15.5. The van der Waals surface area contributed by atoms with Crippen LogP contribution in [0.15, 0.2) is 10.8 Å². The quantitative estimate of drug-likeness (QED) is 0.861. The van der Waals surface area contributed by atoms with Gasteiger partial charge in [-0.2, -0.15) is 0 Å². The average molecular weight is 343 g/mol. The van der Waals surface area contributed by atoms with Crippen LogP contribution in [-0.2, 0) is 0 Å². The molecule has 1 aliphatic rings. The molecule has 1 aromatic rings. The Bertz CT molecular complexity index is 430. The summed E-state index contributed by atoms with van der Waals surface area (Å²) >= 11 is 3.62. The molecule has 112 valence electrons. The summed E-state index contributed by atoms with van der Waals surface area (Å²) in [5, 5.41) is 12.9. The lowest BCUT2D eigenvalue weighted by atomic mass is 10.1. The molecule has 2 rings (SSSR count). The van der Waals surface area contributed by atoms with E-state index in [0.29, 0.717) is 0 Å². The first-order valence-corrected chi connectivity index (χ1v) is 8.19. The zero-order valence-corrected chi connectivity index (χ0v) is 13.6. The second kappa shape index (κ2) is 7.78. The van der Waals surface area contributed by atoms with Gasteiger partial charge in [-0.25, -0.2) is 9.97 Å².